The van der Waals surface area contributed by atoms with E-state index in [0.717, 1.165) is 11.4 Å². The molecule has 0 fully saturated rings. The summed E-state index contributed by atoms with van der Waals surface area (Å²) >= 11 is 0. The van der Waals surface area contributed by atoms with Crippen molar-refractivity contribution in [1.82, 2.24) is 0 Å². The number of hydrogen-bond acceptors (Lipinski definition) is 4. The molecule has 0 aliphatic heterocycles. The van der Waals surface area contributed by atoms with Crippen LogP contribution in [0, 0.1) is 0 Å². The summed E-state index contributed by atoms with van der Waals surface area (Å²) in [5, 5.41) is 9.23. The van der Waals surface area contributed by atoms with E-state index in [1.54, 1.807) is 19.4 Å². The molecule has 1 N–H and O–H groups in total. The molecule has 2 rings (SSSR count). The number of benzene rings is 1. The second kappa shape index (κ2) is 4.53. The molecular formula is C12H11NO3. The highest BCUT2D eigenvalue weighted by atomic mass is 16.5. The highest BCUT2D eigenvalue weighted by Gasteiger charge is 1.99. The van der Waals surface area contributed by atoms with Crippen molar-refractivity contribution >= 4 is 11.9 Å². The van der Waals surface area contributed by atoms with Gasteiger partial charge in [0.1, 0.15) is 5.75 Å². The topological polar surface area (TPSA) is 55.0 Å². The summed E-state index contributed by atoms with van der Waals surface area (Å²) in [5.41, 5.74) is 1.33. The standard InChI is InChI=1S/C12H11NO3/c1-15-11-4-2-10(3-5-11)13-8-9-6-7-16-12(9)14/h2-8,14H,1H3. The number of rotatable bonds is 3. The van der Waals surface area contributed by atoms with Gasteiger partial charge >= 0.3 is 0 Å². The maximum absolute atomic E-state index is 9.23. The Morgan fingerprint density at radius 1 is 1.25 bits per heavy atom. The fourth-order valence-corrected chi connectivity index (χ4v) is 1.22. The highest BCUT2D eigenvalue weighted by Crippen LogP contribution is 2.19. The second-order valence-electron chi connectivity index (χ2n) is 3.14. The Morgan fingerprint density at radius 2 is 2.00 bits per heavy atom. The summed E-state index contributed by atoms with van der Waals surface area (Å²) < 4.78 is 9.77. The second-order valence-corrected chi connectivity index (χ2v) is 3.14. The summed E-state index contributed by atoms with van der Waals surface area (Å²) in [6.45, 7) is 0. The summed E-state index contributed by atoms with van der Waals surface area (Å²) in [5.74, 6) is 0.655. The van der Waals surface area contributed by atoms with Crippen molar-refractivity contribution in [3.05, 3.63) is 42.2 Å². The maximum atomic E-state index is 9.23. The number of aliphatic imine (C=N–C) groups is 1. The van der Waals surface area contributed by atoms with Gasteiger partial charge in [-0.3, -0.25) is 4.99 Å². The van der Waals surface area contributed by atoms with Crippen LogP contribution in [0.5, 0.6) is 11.7 Å². The van der Waals surface area contributed by atoms with Crippen LogP contribution in [0.1, 0.15) is 5.56 Å². The lowest BCUT2D eigenvalue weighted by molar-refractivity contribution is 0.332. The van der Waals surface area contributed by atoms with E-state index in [-0.39, 0.29) is 5.95 Å². The van der Waals surface area contributed by atoms with E-state index in [1.165, 1.54) is 6.26 Å². The van der Waals surface area contributed by atoms with E-state index < -0.39 is 0 Å². The average molecular weight is 217 g/mol. The Balaban J connectivity index is 2.14. The smallest absolute Gasteiger partial charge is 0.290 e. The number of aromatic hydroxyl groups is 1. The normalized spacial score (nSPS) is 10.8. The van der Waals surface area contributed by atoms with Crippen LogP contribution in [0.4, 0.5) is 5.69 Å². The number of nitrogens with zero attached hydrogens (tertiary/aromatic N) is 1. The molecule has 4 heteroatoms. The lowest BCUT2D eigenvalue weighted by Gasteiger charge is -1.98. The molecule has 0 bridgehead atoms. The molecule has 0 spiro atoms. The summed E-state index contributed by atoms with van der Waals surface area (Å²) in [7, 11) is 1.61. The van der Waals surface area contributed by atoms with Gasteiger partial charge in [0.2, 0.25) is 0 Å². The van der Waals surface area contributed by atoms with Gasteiger partial charge in [0.25, 0.3) is 5.95 Å². The van der Waals surface area contributed by atoms with Crippen LogP contribution >= 0.6 is 0 Å². The molecule has 1 aromatic carbocycles. The minimum atomic E-state index is -0.128. The molecule has 0 aliphatic rings. The Morgan fingerprint density at radius 3 is 2.56 bits per heavy atom. The average Bonchev–Trinajstić information content (AvgIpc) is 2.73. The molecule has 2 aromatic rings. The molecule has 0 radical (unpaired) electrons. The molecular weight excluding hydrogens is 206 g/mol. The van der Waals surface area contributed by atoms with Gasteiger partial charge in [0.05, 0.1) is 24.6 Å². The Hall–Kier alpha value is -2.23. The Labute approximate surface area is 92.8 Å². The zero-order valence-electron chi connectivity index (χ0n) is 8.75. The molecule has 0 unspecified atom stereocenters. The Kier molecular flexibility index (Phi) is 2.91. The predicted molar refractivity (Wildman–Crippen MR) is 60.6 cm³/mol. The minimum Gasteiger partial charge on any atom is -0.497 e. The van der Waals surface area contributed by atoms with E-state index in [0.29, 0.717) is 5.56 Å². The molecule has 0 atom stereocenters. The van der Waals surface area contributed by atoms with Crippen LogP contribution in [0.2, 0.25) is 0 Å². The third-order valence-corrected chi connectivity index (χ3v) is 2.10. The third-order valence-electron chi connectivity index (χ3n) is 2.10. The van der Waals surface area contributed by atoms with Gasteiger partial charge in [-0.15, -0.1) is 0 Å². The molecule has 0 aliphatic carbocycles. The number of furan rings is 1. The summed E-state index contributed by atoms with van der Waals surface area (Å²) in [4.78, 5) is 4.18. The number of hydrogen-bond donors (Lipinski definition) is 1. The first kappa shape index (κ1) is 10.3. The fraction of sp³-hybridized carbons (Fsp3) is 0.0833. The van der Waals surface area contributed by atoms with Gasteiger partial charge in [-0.25, -0.2) is 0 Å². The fourth-order valence-electron chi connectivity index (χ4n) is 1.22. The first-order valence-electron chi connectivity index (χ1n) is 4.74. The third kappa shape index (κ3) is 2.23. The van der Waals surface area contributed by atoms with Gasteiger partial charge in [0, 0.05) is 6.21 Å². The highest BCUT2D eigenvalue weighted by molar-refractivity contribution is 5.84. The van der Waals surface area contributed by atoms with Gasteiger partial charge in [-0.1, -0.05) is 0 Å². The van der Waals surface area contributed by atoms with E-state index in [4.69, 9.17) is 9.15 Å². The lowest BCUT2D eigenvalue weighted by atomic mass is 10.3. The SMILES string of the molecule is COc1ccc(N=Cc2ccoc2O)cc1. The van der Waals surface area contributed by atoms with E-state index in [9.17, 15) is 5.11 Å². The van der Waals surface area contributed by atoms with Crippen LogP contribution in [0.15, 0.2) is 46.0 Å². The van der Waals surface area contributed by atoms with Crippen molar-refractivity contribution < 1.29 is 14.3 Å². The van der Waals surface area contributed by atoms with E-state index in [1.807, 2.05) is 24.3 Å². The zero-order chi connectivity index (χ0) is 11.4. The van der Waals surface area contributed by atoms with Crippen LogP contribution < -0.4 is 4.74 Å². The summed E-state index contributed by atoms with van der Waals surface area (Å²) in [6.07, 6.45) is 2.95. The quantitative estimate of drug-likeness (QED) is 0.804. The van der Waals surface area contributed by atoms with Crippen LogP contribution in [-0.4, -0.2) is 18.4 Å². The summed E-state index contributed by atoms with van der Waals surface area (Å²) in [6, 6.07) is 8.94. The van der Waals surface area contributed by atoms with Gasteiger partial charge in [0.15, 0.2) is 0 Å². The predicted octanol–water partition coefficient (Wildman–Crippen LogP) is 2.74. The molecule has 16 heavy (non-hydrogen) atoms. The molecule has 82 valence electrons. The molecule has 0 saturated heterocycles. The van der Waals surface area contributed by atoms with Crippen molar-refractivity contribution in [1.29, 1.82) is 0 Å². The van der Waals surface area contributed by atoms with Crippen LogP contribution in [0.25, 0.3) is 0 Å². The Bertz CT molecular complexity index is 485. The lowest BCUT2D eigenvalue weighted by Crippen LogP contribution is -1.80. The zero-order valence-corrected chi connectivity index (χ0v) is 8.75. The van der Waals surface area contributed by atoms with Gasteiger partial charge < -0.3 is 14.3 Å². The molecule has 4 nitrogen and oxygen atoms in total. The number of methoxy groups -OCH3 is 1. The van der Waals surface area contributed by atoms with Crippen molar-refractivity contribution in [3.63, 3.8) is 0 Å². The van der Waals surface area contributed by atoms with E-state index >= 15 is 0 Å². The van der Waals surface area contributed by atoms with Crippen molar-refractivity contribution in [2.75, 3.05) is 7.11 Å². The number of ether oxygens (including phenoxy) is 1. The first-order valence-corrected chi connectivity index (χ1v) is 4.74. The van der Waals surface area contributed by atoms with Crippen molar-refractivity contribution in [2.24, 2.45) is 4.99 Å². The molecule has 1 heterocycles. The van der Waals surface area contributed by atoms with Crippen LogP contribution in [0.3, 0.4) is 0 Å². The largest absolute Gasteiger partial charge is 0.497 e. The maximum Gasteiger partial charge on any atom is 0.290 e. The van der Waals surface area contributed by atoms with Crippen LogP contribution in [-0.2, 0) is 0 Å². The van der Waals surface area contributed by atoms with Gasteiger partial charge in [-0.2, -0.15) is 0 Å². The molecule has 1 aromatic heterocycles. The van der Waals surface area contributed by atoms with Gasteiger partial charge in [-0.05, 0) is 30.3 Å². The monoisotopic (exact) mass is 217 g/mol. The molecule has 0 amide bonds. The van der Waals surface area contributed by atoms with Crippen molar-refractivity contribution in [3.8, 4) is 11.7 Å². The minimum absolute atomic E-state index is 0.128. The van der Waals surface area contributed by atoms with E-state index in [2.05, 4.69) is 4.99 Å². The van der Waals surface area contributed by atoms with Crippen molar-refractivity contribution in [2.45, 2.75) is 0 Å². The first-order chi connectivity index (χ1) is 7.79. The molecule has 0 saturated carbocycles.